The molecule has 0 heterocycles. The first-order valence-electron chi connectivity index (χ1n) is 4.73. The van der Waals surface area contributed by atoms with Gasteiger partial charge in [0.2, 0.25) is 0 Å². The number of halogens is 3. The normalized spacial score (nSPS) is 11.4. The highest BCUT2D eigenvalue weighted by molar-refractivity contribution is 5.79. The van der Waals surface area contributed by atoms with Crippen LogP contribution in [0.4, 0.5) is 13.2 Å². The molecule has 89 valence electrons. The predicted molar refractivity (Wildman–Crippen MR) is 57.4 cm³/mol. The average molecular weight is 240 g/mol. The Morgan fingerprint density at radius 3 is 2.76 bits per heavy atom. The van der Waals surface area contributed by atoms with E-state index in [-0.39, 0.29) is 12.2 Å². The molecular weight excluding hydrogens is 231 g/mol. The van der Waals surface area contributed by atoms with Crippen LogP contribution in [0.25, 0.3) is 0 Å². The van der Waals surface area contributed by atoms with E-state index in [9.17, 15) is 13.2 Å². The SMILES string of the molecule is C#CCCON=[C]c1cccc(C(F)(F)F)c1. The Hall–Kier alpha value is -1.96. The minimum absolute atomic E-state index is 0.195. The molecule has 0 amide bonds. The van der Waals surface area contributed by atoms with E-state index in [4.69, 9.17) is 11.3 Å². The van der Waals surface area contributed by atoms with Crippen molar-refractivity contribution in [2.45, 2.75) is 12.6 Å². The van der Waals surface area contributed by atoms with Crippen LogP contribution < -0.4 is 0 Å². The molecule has 0 aromatic heterocycles. The van der Waals surface area contributed by atoms with Gasteiger partial charge < -0.3 is 4.84 Å². The van der Waals surface area contributed by atoms with Crippen LogP contribution in [0.15, 0.2) is 29.4 Å². The van der Waals surface area contributed by atoms with Gasteiger partial charge >= 0.3 is 6.18 Å². The largest absolute Gasteiger partial charge is 0.416 e. The maximum atomic E-state index is 12.3. The second kappa shape index (κ2) is 5.94. The fraction of sp³-hybridized carbons (Fsp3) is 0.250. The minimum Gasteiger partial charge on any atom is -0.394 e. The van der Waals surface area contributed by atoms with E-state index in [0.717, 1.165) is 12.1 Å². The second-order valence-electron chi connectivity index (χ2n) is 3.07. The molecule has 2 nitrogen and oxygen atoms in total. The number of terminal acetylenes is 1. The molecule has 0 unspecified atom stereocenters. The number of nitrogens with zero attached hydrogens (tertiary/aromatic N) is 1. The first kappa shape index (κ1) is 13.1. The van der Waals surface area contributed by atoms with Crippen molar-refractivity contribution < 1.29 is 18.0 Å². The van der Waals surface area contributed by atoms with E-state index in [1.807, 2.05) is 0 Å². The van der Waals surface area contributed by atoms with Crippen molar-refractivity contribution in [3.05, 3.63) is 35.4 Å². The average Bonchev–Trinajstić information content (AvgIpc) is 2.28. The lowest BCUT2D eigenvalue weighted by molar-refractivity contribution is -0.137. The lowest BCUT2D eigenvalue weighted by Crippen LogP contribution is -2.05. The van der Waals surface area contributed by atoms with Crippen molar-refractivity contribution in [1.82, 2.24) is 0 Å². The van der Waals surface area contributed by atoms with E-state index < -0.39 is 11.7 Å². The molecule has 0 N–H and O–H groups in total. The van der Waals surface area contributed by atoms with Gasteiger partial charge in [-0.15, -0.1) is 12.3 Å². The fourth-order valence-electron chi connectivity index (χ4n) is 1.00. The van der Waals surface area contributed by atoms with Crippen molar-refractivity contribution in [3.63, 3.8) is 0 Å². The van der Waals surface area contributed by atoms with Gasteiger partial charge in [0, 0.05) is 12.0 Å². The third-order valence-electron chi connectivity index (χ3n) is 1.77. The van der Waals surface area contributed by atoms with Crippen molar-refractivity contribution in [3.8, 4) is 12.3 Å². The topological polar surface area (TPSA) is 21.6 Å². The Morgan fingerprint density at radius 2 is 2.12 bits per heavy atom. The van der Waals surface area contributed by atoms with Gasteiger partial charge in [-0.1, -0.05) is 17.3 Å². The Morgan fingerprint density at radius 1 is 1.35 bits per heavy atom. The molecule has 0 fully saturated rings. The van der Waals surface area contributed by atoms with Crippen molar-refractivity contribution in [2.24, 2.45) is 5.16 Å². The molecule has 0 saturated carbocycles. The Kier molecular flexibility index (Phi) is 4.58. The maximum absolute atomic E-state index is 12.3. The van der Waals surface area contributed by atoms with Gasteiger partial charge in [0.15, 0.2) is 0 Å². The molecule has 0 spiro atoms. The summed E-state index contributed by atoms with van der Waals surface area (Å²) in [5.41, 5.74) is -0.554. The highest BCUT2D eigenvalue weighted by Gasteiger charge is 2.30. The fourth-order valence-corrected chi connectivity index (χ4v) is 1.00. The van der Waals surface area contributed by atoms with Gasteiger partial charge in [-0.25, -0.2) is 0 Å². The predicted octanol–water partition coefficient (Wildman–Crippen LogP) is 2.96. The van der Waals surface area contributed by atoms with Gasteiger partial charge in [0.25, 0.3) is 0 Å². The molecule has 5 heteroatoms. The molecular formula is C12H9F3NO. The maximum Gasteiger partial charge on any atom is 0.416 e. The van der Waals surface area contributed by atoms with Gasteiger partial charge in [-0.2, -0.15) is 13.2 Å². The third kappa shape index (κ3) is 4.60. The first-order valence-corrected chi connectivity index (χ1v) is 4.73. The highest BCUT2D eigenvalue weighted by Crippen LogP contribution is 2.29. The van der Waals surface area contributed by atoms with Crippen LogP contribution in [0, 0.1) is 12.3 Å². The van der Waals surface area contributed by atoms with Crippen LogP contribution in [-0.4, -0.2) is 12.8 Å². The van der Waals surface area contributed by atoms with Crippen LogP contribution in [0.3, 0.4) is 0 Å². The second-order valence-corrected chi connectivity index (χ2v) is 3.07. The van der Waals surface area contributed by atoms with Crippen LogP contribution in [-0.2, 0) is 11.0 Å². The molecule has 1 aromatic carbocycles. The van der Waals surface area contributed by atoms with E-state index in [0.29, 0.717) is 6.42 Å². The molecule has 0 aliphatic heterocycles. The molecule has 1 rings (SSSR count). The number of benzene rings is 1. The molecule has 0 bridgehead atoms. The summed E-state index contributed by atoms with van der Waals surface area (Å²) in [6, 6.07) is 4.64. The zero-order chi connectivity index (χ0) is 12.7. The van der Waals surface area contributed by atoms with Gasteiger partial charge in [-0.05, 0) is 12.1 Å². The standard InChI is InChI=1S/C12H9F3NO/c1-2-3-7-17-16-9-10-5-4-6-11(8-10)12(13,14)15/h1,4-6,8H,3,7H2. The first-order chi connectivity index (χ1) is 8.04. The molecule has 1 radical (unpaired) electrons. The minimum atomic E-state index is -4.37. The van der Waals surface area contributed by atoms with Crippen LogP contribution in [0.2, 0.25) is 0 Å². The summed E-state index contributed by atoms with van der Waals surface area (Å²) in [6.45, 7) is 0.211. The lowest BCUT2D eigenvalue weighted by atomic mass is 10.1. The monoisotopic (exact) mass is 240 g/mol. The summed E-state index contributed by atoms with van der Waals surface area (Å²) < 4.78 is 37.0. The number of hydrogen-bond donors (Lipinski definition) is 0. The smallest absolute Gasteiger partial charge is 0.394 e. The van der Waals surface area contributed by atoms with Crippen molar-refractivity contribution >= 4 is 6.21 Å². The number of hydrogen-bond acceptors (Lipinski definition) is 2. The van der Waals surface area contributed by atoms with Crippen LogP contribution in [0.5, 0.6) is 0 Å². The molecule has 0 atom stereocenters. The number of rotatable bonds is 4. The Bertz CT molecular complexity index is 432. The van der Waals surface area contributed by atoms with Crippen molar-refractivity contribution in [2.75, 3.05) is 6.61 Å². The zero-order valence-corrected chi connectivity index (χ0v) is 8.79. The van der Waals surface area contributed by atoms with Gasteiger partial charge in [0.1, 0.15) is 12.8 Å². The van der Waals surface area contributed by atoms with Gasteiger partial charge in [0.05, 0.1) is 5.56 Å². The van der Waals surface area contributed by atoms with Crippen molar-refractivity contribution in [1.29, 1.82) is 0 Å². The lowest BCUT2D eigenvalue weighted by Gasteiger charge is -2.05. The third-order valence-corrected chi connectivity index (χ3v) is 1.77. The summed E-state index contributed by atoms with van der Waals surface area (Å²) in [7, 11) is 0. The van der Waals surface area contributed by atoms with E-state index in [2.05, 4.69) is 17.3 Å². The summed E-state index contributed by atoms with van der Waals surface area (Å²) in [4.78, 5) is 4.69. The van der Waals surface area contributed by atoms with E-state index in [1.165, 1.54) is 12.1 Å². The molecule has 17 heavy (non-hydrogen) atoms. The van der Waals surface area contributed by atoms with Gasteiger partial charge in [-0.3, -0.25) is 0 Å². The quantitative estimate of drug-likeness (QED) is 0.343. The molecule has 1 aromatic rings. The summed E-state index contributed by atoms with van der Waals surface area (Å²) in [5, 5.41) is 3.39. The Balaban J connectivity index is 2.64. The van der Waals surface area contributed by atoms with E-state index >= 15 is 0 Å². The molecule has 0 aliphatic rings. The Labute approximate surface area is 97.1 Å². The summed E-state index contributed by atoms with van der Waals surface area (Å²) in [6.07, 6.45) is 3.33. The molecule has 0 saturated heterocycles. The number of alkyl halides is 3. The summed E-state index contributed by atoms with van der Waals surface area (Å²) >= 11 is 0. The molecule has 0 aliphatic carbocycles. The zero-order valence-electron chi connectivity index (χ0n) is 8.79. The van der Waals surface area contributed by atoms with Crippen LogP contribution >= 0.6 is 0 Å². The highest BCUT2D eigenvalue weighted by atomic mass is 19.4. The van der Waals surface area contributed by atoms with Crippen LogP contribution in [0.1, 0.15) is 17.5 Å². The van der Waals surface area contributed by atoms with E-state index in [1.54, 1.807) is 0 Å². The summed E-state index contributed by atoms with van der Waals surface area (Å²) in [5.74, 6) is 2.33.